The summed E-state index contributed by atoms with van der Waals surface area (Å²) in [7, 11) is 0. The fraction of sp³-hybridized carbons (Fsp3) is 0.600. The van der Waals surface area contributed by atoms with Crippen LogP contribution in [-0.2, 0) is 0 Å². The second-order valence-corrected chi connectivity index (χ2v) is 3.42. The minimum Gasteiger partial charge on any atom is -0.312 e. The van der Waals surface area contributed by atoms with Gasteiger partial charge in [0.15, 0.2) is 0 Å². The standard InChI is InChI=1S/C5H7IN4.2ClH/c6-5-3-8-9-10(5)4-1-7-2-4;;/h3-4,7H,1-2H2;2*1H. The first kappa shape index (κ1) is 12.4. The molecule has 70 valence electrons. The molecule has 2 rings (SSSR count). The van der Waals surface area contributed by atoms with Gasteiger partial charge in [0.2, 0.25) is 0 Å². The fourth-order valence-corrected chi connectivity index (χ4v) is 1.54. The van der Waals surface area contributed by atoms with E-state index in [2.05, 4.69) is 38.2 Å². The molecule has 1 aliphatic rings. The van der Waals surface area contributed by atoms with E-state index in [1.165, 1.54) is 0 Å². The van der Waals surface area contributed by atoms with Crippen molar-refractivity contribution >= 4 is 47.4 Å². The van der Waals surface area contributed by atoms with Crippen molar-refractivity contribution in [1.29, 1.82) is 0 Å². The Balaban J connectivity index is 0.000000605. The van der Waals surface area contributed by atoms with Gasteiger partial charge in [-0.1, -0.05) is 5.21 Å². The average molecular weight is 323 g/mol. The van der Waals surface area contributed by atoms with Gasteiger partial charge in [0, 0.05) is 13.1 Å². The molecular weight excluding hydrogens is 314 g/mol. The van der Waals surface area contributed by atoms with Crippen molar-refractivity contribution in [2.45, 2.75) is 6.04 Å². The molecule has 0 radical (unpaired) electrons. The highest BCUT2D eigenvalue weighted by molar-refractivity contribution is 14.1. The maximum atomic E-state index is 3.96. The zero-order valence-electron chi connectivity index (χ0n) is 6.11. The Hall–Kier alpha value is 0.410. The van der Waals surface area contributed by atoms with Crippen LogP contribution in [0.3, 0.4) is 0 Å². The Labute approximate surface area is 96.4 Å². The first-order valence-electron chi connectivity index (χ1n) is 3.14. The van der Waals surface area contributed by atoms with Gasteiger partial charge < -0.3 is 5.32 Å². The highest BCUT2D eigenvalue weighted by atomic mass is 127. The minimum absolute atomic E-state index is 0. The third-order valence-electron chi connectivity index (χ3n) is 1.64. The molecule has 0 spiro atoms. The van der Waals surface area contributed by atoms with Gasteiger partial charge in [-0.05, 0) is 22.6 Å². The number of halogens is 3. The summed E-state index contributed by atoms with van der Waals surface area (Å²) in [6.07, 6.45) is 1.78. The summed E-state index contributed by atoms with van der Waals surface area (Å²) in [5.74, 6) is 0. The van der Waals surface area contributed by atoms with Crippen molar-refractivity contribution in [3.05, 3.63) is 9.90 Å². The largest absolute Gasteiger partial charge is 0.312 e. The zero-order chi connectivity index (χ0) is 6.97. The molecule has 0 aliphatic carbocycles. The van der Waals surface area contributed by atoms with Gasteiger partial charge in [0.05, 0.1) is 12.2 Å². The first-order chi connectivity index (χ1) is 4.88. The third kappa shape index (κ3) is 2.21. The molecule has 0 aromatic carbocycles. The second kappa shape index (κ2) is 5.21. The molecule has 1 fully saturated rings. The number of hydrogen-bond donors (Lipinski definition) is 1. The second-order valence-electron chi connectivity index (χ2n) is 2.31. The fourth-order valence-electron chi connectivity index (χ4n) is 0.925. The lowest BCUT2D eigenvalue weighted by molar-refractivity contribution is 0.308. The van der Waals surface area contributed by atoms with Crippen molar-refractivity contribution in [3.63, 3.8) is 0 Å². The summed E-state index contributed by atoms with van der Waals surface area (Å²) in [5, 5.41) is 10.9. The highest BCUT2D eigenvalue weighted by Crippen LogP contribution is 2.13. The average Bonchev–Trinajstić information content (AvgIpc) is 2.12. The van der Waals surface area contributed by atoms with E-state index >= 15 is 0 Å². The van der Waals surface area contributed by atoms with E-state index in [-0.39, 0.29) is 24.8 Å². The molecule has 1 saturated heterocycles. The molecule has 0 saturated carbocycles. The van der Waals surface area contributed by atoms with Crippen LogP contribution in [0.15, 0.2) is 6.20 Å². The lowest BCUT2D eigenvalue weighted by atomic mass is 10.2. The third-order valence-corrected chi connectivity index (χ3v) is 2.41. The van der Waals surface area contributed by atoms with Crippen LogP contribution in [0.2, 0.25) is 0 Å². The van der Waals surface area contributed by atoms with E-state index in [1.54, 1.807) is 6.20 Å². The van der Waals surface area contributed by atoms with Gasteiger partial charge in [-0.15, -0.1) is 29.9 Å². The van der Waals surface area contributed by atoms with Crippen molar-refractivity contribution in [2.24, 2.45) is 0 Å². The van der Waals surface area contributed by atoms with Crippen molar-refractivity contribution in [1.82, 2.24) is 20.3 Å². The monoisotopic (exact) mass is 322 g/mol. The summed E-state index contributed by atoms with van der Waals surface area (Å²) in [5.41, 5.74) is 0. The lowest BCUT2D eigenvalue weighted by Crippen LogP contribution is -2.44. The lowest BCUT2D eigenvalue weighted by Gasteiger charge is -2.27. The van der Waals surface area contributed by atoms with E-state index in [0.29, 0.717) is 6.04 Å². The molecule has 4 nitrogen and oxygen atoms in total. The molecule has 1 N–H and O–H groups in total. The van der Waals surface area contributed by atoms with Crippen LogP contribution in [0.5, 0.6) is 0 Å². The van der Waals surface area contributed by atoms with Crippen LogP contribution >= 0.6 is 47.4 Å². The molecular formula is C5H9Cl2IN4. The minimum atomic E-state index is 0. The Bertz CT molecular complexity index is 237. The van der Waals surface area contributed by atoms with Gasteiger partial charge in [-0.3, -0.25) is 0 Å². The molecule has 0 amide bonds. The Kier molecular flexibility index (Phi) is 5.38. The van der Waals surface area contributed by atoms with Gasteiger partial charge in [-0.2, -0.15) is 0 Å². The van der Waals surface area contributed by atoms with Crippen LogP contribution in [0, 0.1) is 3.70 Å². The highest BCUT2D eigenvalue weighted by Gasteiger charge is 2.20. The molecule has 12 heavy (non-hydrogen) atoms. The van der Waals surface area contributed by atoms with E-state index in [0.717, 1.165) is 16.8 Å². The van der Waals surface area contributed by atoms with Crippen LogP contribution in [0.1, 0.15) is 6.04 Å². The molecule has 1 aromatic heterocycles. The SMILES string of the molecule is Cl.Cl.Ic1cnnn1C1CNC1. The van der Waals surface area contributed by atoms with E-state index in [9.17, 15) is 0 Å². The molecule has 0 atom stereocenters. The van der Waals surface area contributed by atoms with Crippen LogP contribution < -0.4 is 5.32 Å². The molecule has 2 heterocycles. The summed E-state index contributed by atoms with van der Waals surface area (Å²) in [6, 6.07) is 0.536. The van der Waals surface area contributed by atoms with Gasteiger partial charge in [0.25, 0.3) is 0 Å². The molecule has 1 aromatic rings. The Morgan fingerprint density at radius 3 is 2.50 bits per heavy atom. The van der Waals surface area contributed by atoms with Gasteiger partial charge >= 0.3 is 0 Å². The topological polar surface area (TPSA) is 42.7 Å². The number of rotatable bonds is 1. The Morgan fingerprint density at radius 2 is 2.17 bits per heavy atom. The first-order valence-corrected chi connectivity index (χ1v) is 4.22. The smallest absolute Gasteiger partial charge is 0.120 e. The van der Waals surface area contributed by atoms with Crippen LogP contribution in [0.4, 0.5) is 0 Å². The summed E-state index contributed by atoms with van der Waals surface area (Å²) in [6.45, 7) is 2.05. The van der Waals surface area contributed by atoms with Crippen molar-refractivity contribution < 1.29 is 0 Å². The normalized spacial score (nSPS) is 15.8. The molecule has 0 unspecified atom stereocenters. The maximum absolute atomic E-state index is 3.96. The van der Waals surface area contributed by atoms with E-state index < -0.39 is 0 Å². The molecule has 7 heteroatoms. The van der Waals surface area contributed by atoms with Crippen molar-refractivity contribution in [3.8, 4) is 0 Å². The van der Waals surface area contributed by atoms with Crippen LogP contribution in [-0.4, -0.2) is 28.1 Å². The number of nitrogens with zero attached hydrogens (tertiary/aromatic N) is 3. The molecule has 0 bridgehead atoms. The predicted molar refractivity (Wildman–Crippen MR) is 59.1 cm³/mol. The number of hydrogen-bond acceptors (Lipinski definition) is 3. The molecule has 1 aliphatic heterocycles. The van der Waals surface area contributed by atoms with Gasteiger partial charge in [0.1, 0.15) is 3.70 Å². The summed E-state index contributed by atoms with van der Waals surface area (Å²) >= 11 is 2.24. The zero-order valence-corrected chi connectivity index (χ0v) is 9.90. The quantitative estimate of drug-likeness (QED) is 0.780. The van der Waals surface area contributed by atoms with Crippen molar-refractivity contribution in [2.75, 3.05) is 13.1 Å². The summed E-state index contributed by atoms with van der Waals surface area (Å²) < 4.78 is 3.07. The summed E-state index contributed by atoms with van der Waals surface area (Å²) in [4.78, 5) is 0. The number of nitrogens with one attached hydrogen (secondary N) is 1. The predicted octanol–water partition coefficient (Wildman–Crippen LogP) is 0.871. The maximum Gasteiger partial charge on any atom is 0.120 e. The van der Waals surface area contributed by atoms with E-state index in [1.807, 2.05) is 4.68 Å². The van der Waals surface area contributed by atoms with Crippen LogP contribution in [0.25, 0.3) is 0 Å². The Morgan fingerprint density at radius 1 is 1.50 bits per heavy atom. The van der Waals surface area contributed by atoms with E-state index in [4.69, 9.17) is 0 Å². The van der Waals surface area contributed by atoms with Gasteiger partial charge in [-0.25, -0.2) is 4.68 Å². The number of aromatic nitrogens is 3.